The van der Waals surface area contributed by atoms with Crippen molar-refractivity contribution in [3.05, 3.63) is 28.5 Å². The number of halogens is 1. The molecule has 2 nitrogen and oxygen atoms in total. The smallest absolute Gasteiger partial charge is 0.168 e. The number of aromatic nitrogens is 1. The van der Waals surface area contributed by atoms with Gasteiger partial charge in [0.2, 0.25) is 0 Å². The van der Waals surface area contributed by atoms with Crippen LogP contribution in [0.4, 0.5) is 0 Å². The molecule has 1 unspecified atom stereocenters. The molecule has 0 aliphatic rings. The predicted molar refractivity (Wildman–Crippen MR) is 69.6 cm³/mol. The molecule has 0 fully saturated rings. The van der Waals surface area contributed by atoms with E-state index in [1.54, 1.807) is 18.3 Å². The molecule has 1 atom stereocenters. The van der Waals surface area contributed by atoms with E-state index in [1.165, 1.54) is 0 Å². The summed E-state index contributed by atoms with van der Waals surface area (Å²) in [5, 5.41) is 0. The maximum Gasteiger partial charge on any atom is 0.168 e. The van der Waals surface area contributed by atoms with Gasteiger partial charge in [0.1, 0.15) is 4.60 Å². The third-order valence-corrected chi connectivity index (χ3v) is 3.55. The third-order valence-electron chi connectivity index (χ3n) is 3.12. The molecule has 0 radical (unpaired) electrons. The summed E-state index contributed by atoms with van der Waals surface area (Å²) in [4.78, 5) is 16.4. The summed E-state index contributed by atoms with van der Waals surface area (Å²) in [5.74, 6) is 0.222. The van der Waals surface area contributed by atoms with E-state index in [9.17, 15) is 4.79 Å². The number of ketones is 1. The standard InChI is InChI=1S/C13H18BrNO/c1-4-7-13(3,5-2)12(16)10-6-8-15-11(14)9-10/h6,8-9H,4-5,7H2,1-3H3. The average molecular weight is 284 g/mol. The van der Waals surface area contributed by atoms with E-state index in [2.05, 4.69) is 34.8 Å². The highest BCUT2D eigenvalue weighted by Gasteiger charge is 2.30. The SMILES string of the molecule is CCCC(C)(CC)C(=O)c1ccnc(Br)c1. The third kappa shape index (κ3) is 2.91. The van der Waals surface area contributed by atoms with Crippen molar-refractivity contribution < 1.29 is 4.79 Å². The first-order chi connectivity index (χ1) is 7.53. The highest BCUT2D eigenvalue weighted by molar-refractivity contribution is 9.10. The molecule has 1 rings (SSSR count). The summed E-state index contributed by atoms with van der Waals surface area (Å²) in [5.41, 5.74) is 0.509. The molecule has 1 aromatic rings. The van der Waals surface area contributed by atoms with Gasteiger partial charge in [0.15, 0.2) is 5.78 Å². The molecule has 0 N–H and O–H groups in total. The largest absolute Gasteiger partial charge is 0.294 e. The van der Waals surface area contributed by atoms with Gasteiger partial charge < -0.3 is 0 Å². The molecular formula is C13H18BrNO. The maximum atomic E-state index is 12.4. The molecule has 0 bridgehead atoms. The Labute approximate surface area is 106 Å². The van der Waals surface area contributed by atoms with Crippen LogP contribution in [0.1, 0.15) is 50.4 Å². The highest BCUT2D eigenvalue weighted by atomic mass is 79.9. The molecule has 0 aromatic carbocycles. The van der Waals surface area contributed by atoms with Crippen LogP contribution in [0, 0.1) is 5.41 Å². The highest BCUT2D eigenvalue weighted by Crippen LogP contribution is 2.32. The van der Waals surface area contributed by atoms with Crippen molar-refractivity contribution in [2.45, 2.75) is 40.0 Å². The summed E-state index contributed by atoms with van der Waals surface area (Å²) in [6.07, 6.45) is 4.50. The minimum absolute atomic E-state index is 0.222. The lowest BCUT2D eigenvalue weighted by atomic mass is 9.76. The molecule has 0 spiro atoms. The van der Waals surface area contributed by atoms with Crippen LogP contribution in [0.5, 0.6) is 0 Å². The van der Waals surface area contributed by atoms with E-state index in [0.717, 1.165) is 24.8 Å². The van der Waals surface area contributed by atoms with Crippen LogP contribution >= 0.6 is 15.9 Å². The monoisotopic (exact) mass is 283 g/mol. The zero-order chi connectivity index (χ0) is 12.2. The Morgan fingerprint density at radius 1 is 1.50 bits per heavy atom. The summed E-state index contributed by atoms with van der Waals surface area (Å²) in [7, 11) is 0. The summed E-state index contributed by atoms with van der Waals surface area (Å²) in [6, 6.07) is 3.59. The Morgan fingerprint density at radius 3 is 2.69 bits per heavy atom. The fraction of sp³-hybridized carbons (Fsp3) is 0.538. The van der Waals surface area contributed by atoms with Gasteiger partial charge in [-0.1, -0.05) is 27.2 Å². The number of hydrogen-bond donors (Lipinski definition) is 0. The summed E-state index contributed by atoms with van der Waals surface area (Å²) < 4.78 is 0.716. The van der Waals surface area contributed by atoms with Crippen LogP contribution in [0.3, 0.4) is 0 Å². The fourth-order valence-corrected chi connectivity index (χ4v) is 2.26. The molecule has 3 heteroatoms. The topological polar surface area (TPSA) is 30.0 Å². The van der Waals surface area contributed by atoms with Crippen LogP contribution < -0.4 is 0 Å². The number of Topliss-reactive ketones (excluding diaryl/α,β-unsaturated/α-hetero) is 1. The van der Waals surface area contributed by atoms with Gasteiger partial charge in [-0.15, -0.1) is 0 Å². The molecule has 16 heavy (non-hydrogen) atoms. The number of hydrogen-bond acceptors (Lipinski definition) is 2. The number of carbonyl (C=O) groups excluding carboxylic acids is 1. The first kappa shape index (κ1) is 13.4. The lowest BCUT2D eigenvalue weighted by Crippen LogP contribution is -2.27. The number of rotatable bonds is 5. The van der Waals surface area contributed by atoms with Gasteiger partial charge in [-0.05, 0) is 40.9 Å². The lowest BCUT2D eigenvalue weighted by molar-refractivity contribution is 0.0793. The van der Waals surface area contributed by atoms with Gasteiger partial charge in [-0.25, -0.2) is 4.98 Å². The first-order valence-electron chi connectivity index (χ1n) is 5.70. The first-order valence-corrected chi connectivity index (χ1v) is 6.49. The minimum Gasteiger partial charge on any atom is -0.294 e. The molecule has 1 aromatic heterocycles. The molecule has 0 aliphatic carbocycles. The van der Waals surface area contributed by atoms with Crippen LogP contribution in [0.15, 0.2) is 22.9 Å². The molecule has 0 amide bonds. The normalized spacial score (nSPS) is 14.5. The van der Waals surface area contributed by atoms with E-state index < -0.39 is 0 Å². The Bertz CT molecular complexity index is 378. The predicted octanol–water partition coefficient (Wildman–Crippen LogP) is 4.24. The zero-order valence-electron chi connectivity index (χ0n) is 10.1. The van der Waals surface area contributed by atoms with Gasteiger partial charge in [0.05, 0.1) is 0 Å². The van der Waals surface area contributed by atoms with Crippen LogP contribution in [-0.2, 0) is 0 Å². The Hall–Kier alpha value is -0.700. The second kappa shape index (κ2) is 5.58. The number of carbonyl (C=O) groups is 1. The molecule has 1 heterocycles. The van der Waals surface area contributed by atoms with Crippen LogP contribution in [-0.4, -0.2) is 10.8 Å². The van der Waals surface area contributed by atoms with E-state index in [0.29, 0.717) is 4.60 Å². The average Bonchev–Trinajstić information content (AvgIpc) is 2.28. The quantitative estimate of drug-likeness (QED) is 0.598. The van der Waals surface area contributed by atoms with E-state index in [-0.39, 0.29) is 11.2 Å². The lowest BCUT2D eigenvalue weighted by Gasteiger charge is -2.26. The van der Waals surface area contributed by atoms with Crippen molar-refractivity contribution in [1.82, 2.24) is 4.98 Å². The van der Waals surface area contributed by atoms with Crippen molar-refractivity contribution in [3.8, 4) is 0 Å². The summed E-state index contributed by atoms with van der Waals surface area (Å²) in [6.45, 7) is 6.24. The second-order valence-electron chi connectivity index (χ2n) is 4.36. The van der Waals surface area contributed by atoms with Crippen molar-refractivity contribution in [2.75, 3.05) is 0 Å². The van der Waals surface area contributed by atoms with Crippen LogP contribution in [0.25, 0.3) is 0 Å². The zero-order valence-corrected chi connectivity index (χ0v) is 11.7. The van der Waals surface area contributed by atoms with Gasteiger partial charge in [0.25, 0.3) is 0 Å². The van der Waals surface area contributed by atoms with Crippen molar-refractivity contribution in [2.24, 2.45) is 5.41 Å². The van der Waals surface area contributed by atoms with Gasteiger partial charge in [0, 0.05) is 17.2 Å². The fourth-order valence-electron chi connectivity index (χ4n) is 1.89. The molecule has 0 saturated heterocycles. The van der Waals surface area contributed by atoms with E-state index >= 15 is 0 Å². The van der Waals surface area contributed by atoms with Gasteiger partial charge in [-0.3, -0.25) is 4.79 Å². The molecule has 0 aliphatic heterocycles. The summed E-state index contributed by atoms with van der Waals surface area (Å²) >= 11 is 3.29. The molecular weight excluding hydrogens is 266 g/mol. The second-order valence-corrected chi connectivity index (χ2v) is 5.17. The maximum absolute atomic E-state index is 12.4. The van der Waals surface area contributed by atoms with Crippen LogP contribution in [0.2, 0.25) is 0 Å². The number of pyridine rings is 1. The minimum atomic E-state index is -0.241. The van der Waals surface area contributed by atoms with Gasteiger partial charge >= 0.3 is 0 Å². The Kier molecular flexibility index (Phi) is 4.66. The Balaban J connectivity index is 3.00. The van der Waals surface area contributed by atoms with Gasteiger partial charge in [-0.2, -0.15) is 0 Å². The molecule has 0 saturated carbocycles. The van der Waals surface area contributed by atoms with E-state index in [4.69, 9.17) is 0 Å². The number of nitrogens with zero attached hydrogens (tertiary/aromatic N) is 1. The Morgan fingerprint density at radius 2 is 2.19 bits per heavy atom. The van der Waals surface area contributed by atoms with Crippen molar-refractivity contribution in [3.63, 3.8) is 0 Å². The van der Waals surface area contributed by atoms with Crippen molar-refractivity contribution in [1.29, 1.82) is 0 Å². The molecule has 88 valence electrons. The van der Waals surface area contributed by atoms with Crippen molar-refractivity contribution >= 4 is 21.7 Å². The van der Waals surface area contributed by atoms with E-state index in [1.807, 2.05) is 6.92 Å².